The van der Waals surface area contributed by atoms with Crippen molar-refractivity contribution in [2.45, 2.75) is 46.2 Å². The number of carbonyl (C=O) groups excluding carboxylic acids is 1. The van der Waals surface area contributed by atoms with E-state index in [1.807, 2.05) is 67.6 Å². The molecule has 236 valence electrons. The lowest BCUT2D eigenvalue weighted by Gasteiger charge is -2.26. The number of rotatable bonds is 9. The Morgan fingerprint density at radius 1 is 1.11 bits per heavy atom. The van der Waals surface area contributed by atoms with Gasteiger partial charge in [0.05, 0.1) is 40.0 Å². The maximum absolute atomic E-state index is 14.4. The highest BCUT2D eigenvalue weighted by molar-refractivity contribution is 9.10. The molecule has 0 saturated carbocycles. The van der Waals surface area contributed by atoms with Crippen LogP contribution in [0.25, 0.3) is 17.0 Å². The maximum atomic E-state index is 14.4. The SMILES string of the molecule is CCCC1=C(C(=O)OCC)[C@H](c2ccc(OC)c(Br)c2)n2c(s/c(=C\c3c(C)n(Cc4ccc(Cl)cc4)c4ccccc34)c2=O)=N1. The molecule has 0 amide bonds. The second kappa shape index (κ2) is 13.4. The smallest absolute Gasteiger partial charge is 0.338 e. The van der Waals surface area contributed by atoms with Crippen LogP contribution >= 0.6 is 38.9 Å². The Hall–Kier alpha value is -3.92. The van der Waals surface area contributed by atoms with Crippen LogP contribution in [0.1, 0.15) is 55.1 Å². The van der Waals surface area contributed by atoms with Crippen LogP contribution in [0.15, 0.2) is 92.3 Å². The van der Waals surface area contributed by atoms with Crippen molar-refractivity contribution in [1.82, 2.24) is 9.13 Å². The summed E-state index contributed by atoms with van der Waals surface area (Å²) in [7, 11) is 1.60. The first-order valence-corrected chi connectivity index (χ1v) is 17.1. The first-order valence-electron chi connectivity index (χ1n) is 15.1. The molecule has 0 bridgehead atoms. The molecule has 7 nitrogen and oxygen atoms in total. The molecule has 10 heteroatoms. The van der Waals surface area contributed by atoms with Gasteiger partial charge in [-0.2, -0.15) is 0 Å². The first-order chi connectivity index (χ1) is 22.2. The molecule has 6 rings (SSSR count). The van der Waals surface area contributed by atoms with Crippen molar-refractivity contribution in [3.8, 4) is 5.75 Å². The van der Waals surface area contributed by atoms with Crippen LogP contribution < -0.4 is 19.6 Å². The van der Waals surface area contributed by atoms with Gasteiger partial charge in [0.2, 0.25) is 0 Å². The second-order valence-electron chi connectivity index (χ2n) is 11.0. The highest BCUT2D eigenvalue weighted by Crippen LogP contribution is 2.36. The third-order valence-corrected chi connectivity index (χ3v) is 10.0. The number of hydrogen-bond donors (Lipinski definition) is 0. The minimum atomic E-state index is -0.714. The molecule has 0 aliphatic carbocycles. The summed E-state index contributed by atoms with van der Waals surface area (Å²) in [5, 5.41) is 1.75. The lowest BCUT2D eigenvalue weighted by atomic mass is 9.94. The fourth-order valence-electron chi connectivity index (χ4n) is 6.04. The van der Waals surface area contributed by atoms with E-state index in [-0.39, 0.29) is 12.2 Å². The Morgan fingerprint density at radius 2 is 1.87 bits per heavy atom. The van der Waals surface area contributed by atoms with E-state index in [0.717, 1.165) is 44.2 Å². The number of halogens is 2. The molecule has 0 N–H and O–H groups in total. The number of thiazole rings is 1. The number of fused-ring (bicyclic) bond motifs is 2. The highest BCUT2D eigenvalue weighted by Gasteiger charge is 2.34. The van der Waals surface area contributed by atoms with Gasteiger partial charge in [-0.1, -0.05) is 72.7 Å². The fourth-order valence-corrected chi connectivity index (χ4v) is 7.72. The predicted octanol–water partition coefficient (Wildman–Crippen LogP) is 7.31. The molecular weight excluding hydrogens is 686 g/mol. The number of carbonyl (C=O) groups is 1. The van der Waals surface area contributed by atoms with Crippen molar-refractivity contribution in [1.29, 1.82) is 0 Å². The largest absolute Gasteiger partial charge is 0.496 e. The van der Waals surface area contributed by atoms with E-state index in [1.165, 1.54) is 11.3 Å². The van der Waals surface area contributed by atoms with Crippen LogP contribution in [0, 0.1) is 6.92 Å². The fraction of sp³-hybridized carbons (Fsp3) is 0.250. The molecule has 0 spiro atoms. The lowest BCUT2D eigenvalue weighted by Crippen LogP contribution is -2.40. The van der Waals surface area contributed by atoms with Gasteiger partial charge in [0.15, 0.2) is 4.80 Å². The Morgan fingerprint density at radius 3 is 2.57 bits per heavy atom. The Kier molecular flexibility index (Phi) is 9.36. The summed E-state index contributed by atoms with van der Waals surface area (Å²) < 4.78 is 16.2. The summed E-state index contributed by atoms with van der Waals surface area (Å²) in [6.45, 7) is 6.77. The van der Waals surface area contributed by atoms with Gasteiger partial charge in [-0.3, -0.25) is 9.36 Å². The molecule has 0 saturated heterocycles. The van der Waals surface area contributed by atoms with Crippen LogP contribution in [0.2, 0.25) is 5.02 Å². The Bertz CT molecular complexity index is 2180. The predicted molar refractivity (Wildman–Crippen MR) is 188 cm³/mol. The summed E-state index contributed by atoms with van der Waals surface area (Å²) in [5.41, 5.74) is 5.77. The quantitative estimate of drug-likeness (QED) is 0.150. The number of esters is 1. The van der Waals surface area contributed by atoms with Gasteiger partial charge >= 0.3 is 5.97 Å². The van der Waals surface area contributed by atoms with Crippen molar-refractivity contribution < 1.29 is 14.3 Å². The molecule has 0 radical (unpaired) electrons. The van der Waals surface area contributed by atoms with E-state index in [0.29, 0.717) is 44.3 Å². The summed E-state index contributed by atoms with van der Waals surface area (Å²) in [6.07, 6.45) is 3.32. The molecule has 1 aliphatic heterocycles. The van der Waals surface area contributed by atoms with E-state index in [2.05, 4.69) is 39.6 Å². The normalized spacial score (nSPS) is 14.8. The zero-order chi connectivity index (χ0) is 32.5. The van der Waals surface area contributed by atoms with Crippen LogP contribution in [0.5, 0.6) is 5.75 Å². The minimum Gasteiger partial charge on any atom is -0.496 e. The molecule has 46 heavy (non-hydrogen) atoms. The number of aromatic nitrogens is 2. The summed E-state index contributed by atoms with van der Waals surface area (Å²) in [6, 6.07) is 21.0. The van der Waals surface area contributed by atoms with Gasteiger partial charge in [0, 0.05) is 33.7 Å². The average Bonchev–Trinajstić information content (AvgIpc) is 3.50. The third kappa shape index (κ3) is 5.87. The number of methoxy groups -OCH3 is 1. The molecule has 1 aliphatic rings. The lowest BCUT2D eigenvalue weighted by molar-refractivity contribution is -0.139. The van der Waals surface area contributed by atoms with E-state index < -0.39 is 12.0 Å². The third-order valence-electron chi connectivity index (χ3n) is 8.19. The van der Waals surface area contributed by atoms with Crippen LogP contribution in [0.3, 0.4) is 0 Å². The topological polar surface area (TPSA) is 74.8 Å². The number of ether oxygens (including phenoxy) is 2. The van der Waals surface area contributed by atoms with Crippen molar-refractivity contribution in [2.24, 2.45) is 4.99 Å². The number of benzene rings is 3. The van der Waals surface area contributed by atoms with Gasteiger partial charge in [-0.25, -0.2) is 9.79 Å². The average molecular weight is 719 g/mol. The first kappa shape index (κ1) is 32.0. The summed E-state index contributed by atoms with van der Waals surface area (Å²) in [5.74, 6) is 0.180. The number of para-hydroxylation sites is 1. The zero-order valence-corrected chi connectivity index (χ0v) is 29.1. The standard InChI is InChI=1S/C36H33BrClN3O4S/c1-5-9-28-32(35(43)45-6-2)33(23-14-17-30(44-4)27(37)18-23)41-34(42)31(46-36(41)39-28)19-26-21(3)40(29-11-8-7-10-25(26)29)20-22-12-15-24(38)16-13-22/h7-8,10-19,33H,5-6,9,20H2,1-4H3/b31-19-/t33-/m0/s1. The van der Waals surface area contributed by atoms with Crippen molar-refractivity contribution >= 4 is 61.8 Å². The molecule has 5 aromatic rings. The van der Waals surface area contributed by atoms with Crippen molar-refractivity contribution in [3.63, 3.8) is 0 Å². The Balaban J connectivity index is 1.57. The number of hydrogen-bond acceptors (Lipinski definition) is 6. The molecule has 1 atom stereocenters. The minimum absolute atomic E-state index is 0.213. The van der Waals surface area contributed by atoms with Gasteiger partial charge in [-0.05, 0) is 83.7 Å². The molecule has 0 unspecified atom stereocenters. The number of nitrogens with zero attached hydrogens (tertiary/aromatic N) is 3. The van der Waals surface area contributed by atoms with Crippen LogP contribution in [0.4, 0.5) is 0 Å². The van der Waals surface area contributed by atoms with E-state index >= 15 is 0 Å². The Labute approximate surface area is 284 Å². The molecule has 0 fully saturated rings. The summed E-state index contributed by atoms with van der Waals surface area (Å²) >= 11 is 11.1. The highest BCUT2D eigenvalue weighted by atomic mass is 79.9. The molecular formula is C36H33BrClN3O4S. The van der Waals surface area contributed by atoms with Gasteiger partial charge in [0.1, 0.15) is 5.75 Å². The van der Waals surface area contributed by atoms with Crippen molar-refractivity contribution in [3.05, 3.63) is 130 Å². The van der Waals surface area contributed by atoms with Crippen LogP contribution in [-0.2, 0) is 16.1 Å². The second-order valence-corrected chi connectivity index (χ2v) is 13.3. The van der Waals surface area contributed by atoms with Gasteiger partial charge in [0.25, 0.3) is 5.56 Å². The molecule has 2 aromatic heterocycles. The van der Waals surface area contributed by atoms with Crippen molar-refractivity contribution in [2.75, 3.05) is 13.7 Å². The monoisotopic (exact) mass is 717 g/mol. The molecule has 3 heterocycles. The molecule has 3 aromatic carbocycles. The zero-order valence-electron chi connectivity index (χ0n) is 26.0. The number of allylic oxidation sites excluding steroid dienone is 1. The van der Waals surface area contributed by atoms with Gasteiger partial charge < -0.3 is 14.0 Å². The van der Waals surface area contributed by atoms with Crippen LogP contribution in [-0.4, -0.2) is 28.8 Å². The van der Waals surface area contributed by atoms with E-state index in [1.54, 1.807) is 18.6 Å². The summed E-state index contributed by atoms with van der Waals surface area (Å²) in [4.78, 5) is 33.4. The van der Waals surface area contributed by atoms with Gasteiger partial charge in [-0.15, -0.1) is 0 Å². The van der Waals surface area contributed by atoms with E-state index in [4.69, 9.17) is 26.1 Å². The van der Waals surface area contributed by atoms with E-state index in [9.17, 15) is 9.59 Å². The maximum Gasteiger partial charge on any atom is 0.338 e.